The lowest BCUT2D eigenvalue weighted by molar-refractivity contribution is -0.118. The molecule has 1 heterocycles. The van der Waals surface area contributed by atoms with Crippen LogP contribution in [0, 0.1) is 17.5 Å². The van der Waals surface area contributed by atoms with E-state index in [0.29, 0.717) is 13.1 Å². The molecule has 13 heteroatoms. The van der Waals surface area contributed by atoms with Crippen LogP contribution in [0.25, 0.3) is 0 Å². The summed E-state index contributed by atoms with van der Waals surface area (Å²) in [7, 11) is -2.72. The Balaban J connectivity index is 1.44. The third-order valence-corrected chi connectivity index (χ3v) is 10.2. The Morgan fingerprint density at radius 1 is 0.917 bits per heavy atom. The minimum atomic E-state index is -3.82. The highest BCUT2D eigenvalue weighted by atomic mass is 32.2. The molecule has 48 heavy (non-hydrogen) atoms. The van der Waals surface area contributed by atoms with Crippen LogP contribution in [-0.4, -0.2) is 63.6 Å². The second kappa shape index (κ2) is 15.5. The first-order chi connectivity index (χ1) is 23.1. The van der Waals surface area contributed by atoms with E-state index in [-0.39, 0.29) is 46.7 Å². The molecule has 2 unspecified atom stereocenters. The van der Waals surface area contributed by atoms with Gasteiger partial charge >= 0.3 is 6.09 Å². The maximum Gasteiger partial charge on any atom is 0.407 e. The highest BCUT2D eigenvalue weighted by Crippen LogP contribution is 2.32. The van der Waals surface area contributed by atoms with Crippen molar-refractivity contribution in [2.45, 2.75) is 35.7 Å². The molecule has 252 valence electrons. The Kier molecular flexibility index (Phi) is 11.1. The van der Waals surface area contributed by atoms with E-state index in [9.17, 15) is 26.8 Å². The Bertz CT molecular complexity index is 1820. The van der Waals surface area contributed by atoms with Crippen LogP contribution in [0.3, 0.4) is 0 Å². The molecule has 0 spiro atoms. The standard InChI is InChI=1S/C35H35F3N4O5S/c1-47-35(44)41-33(32(23-8-5-10-25(36)20-23)24-9-6-11-26(37)21-24)34(43)40-31-15-7-14-30(38)29(31)17-16-27-22-39-18-19-42(27)48(45,46)28-12-3-2-4-13-28/h2-15,20-21,27,32-33,39H,16-19,22H2,1H3,(H,40,43)(H,41,44). The number of methoxy groups -OCH3 is 1. The van der Waals surface area contributed by atoms with Gasteiger partial charge in [-0.05, 0) is 72.5 Å². The summed E-state index contributed by atoms with van der Waals surface area (Å²) in [5, 5.41) is 8.39. The fourth-order valence-corrected chi connectivity index (χ4v) is 7.62. The van der Waals surface area contributed by atoms with Gasteiger partial charge in [-0.1, -0.05) is 48.5 Å². The Labute approximate surface area is 277 Å². The molecule has 4 aromatic rings. The van der Waals surface area contributed by atoms with Crippen LogP contribution in [0.2, 0.25) is 0 Å². The van der Waals surface area contributed by atoms with Gasteiger partial charge < -0.3 is 20.7 Å². The SMILES string of the molecule is COC(=O)NC(C(=O)Nc1cccc(F)c1CCC1CNCCN1S(=O)(=O)c1ccccc1)C(c1cccc(F)c1)c1cccc(F)c1. The van der Waals surface area contributed by atoms with Crippen LogP contribution >= 0.6 is 0 Å². The van der Waals surface area contributed by atoms with E-state index in [1.165, 1.54) is 71.0 Å². The normalized spacial score (nSPS) is 15.9. The molecular formula is C35H35F3N4O5S. The quantitative estimate of drug-likeness (QED) is 0.201. The van der Waals surface area contributed by atoms with Crippen molar-refractivity contribution in [3.05, 3.63) is 131 Å². The molecule has 0 aliphatic carbocycles. The van der Waals surface area contributed by atoms with Crippen LogP contribution in [0.1, 0.15) is 29.0 Å². The topological polar surface area (TPSA) is 117 Å². The van der Waals surface area contributed by atoms with Gasteiger partial charge in [0.25, 0.3) is 0 Å². The number of benzene rings is 4. The molecule has 2 atom stereocenters. The Morgan fingerprint density at radius 2 is 1.56 bits per heavy atom. The number of anilines is 1. The van der Waals surface area contributed by atoms with Crippen molar-refractivity contribution in [3.63, 3.8) is 0 Å². The predicted molar refractivity (Wildman–Crippen MR) is 174 cm³/mol. The van der Waals surface area contributed by atoms with Gasteiger partial charge in [-0.2, -0.15) is 4.31 Å². The number of hydrogen-bond donors (Lipinski definition) is 3. The van der Waals surface area contributed by atoms with Gasteiger partial charge in [0.05, 0.1) is 12.0 Å². The van der Waals surface area contributed by atoms with E-state index in [2.05, 4.69) is 16.0 Å². The number of amides is 2. The van der Waals surface area contributed by atoms with Crippen LogP contribution < -0.4 is 16.0 Å². The second-order valence-electron chi connectivity index (χ2n) is 11.3. The fourth-order valence-electron chi connectivity index (χ4n) is 5.95. The molecule has 1 aliphatic rings. The summed E-state index contributed by atoms with van der Waals surface area (Å²) in [6, 6.07) is 20.9. The lowest BCUT2D eigenvalue weighted by Crippen LogP contribution is -2.53. The molecule has 1 fully saturated rings. The average molecular weight is 681 g/mol. The molecule has 4 aromatic carbocycles. The van der Waals surface area contributed by atoms with Crippen molar-refractivity contribution < 1.29 is 35.9 Å². The largest absolute Gasteiger partial charge is 0.453 e. The summed E-state index contributed by atoms with van der Waals surface area (Å²) in [5.74, 6) is -3.74. The second-order valence-corrected chi connectivity index (χ2v) is 13.2. The van der Waals surface area contributed by atoms with E-state index in [0.717, 1.165) is 7.11 Å². The van der Waals surface area contributed by atoms with Crippen LogP contribution in [0.5, 0.6) is 0 Å². The number of hydrogen-bond acceptors (Lipinski definition) is 6. The van der Waals surface area contributed by atoms with Gasteiger partial charge in [0.15, 0.2) is 0 Å². The van der Waals surface area contributed by atoms with Gasteiger partial charge in [-0.15, -0.1) is 0 Å². The summed E-state index contributed by atoms with van der Waals surface area (Å²) < 4.78 is 77.4. The number of halogens is 3. The lowest BCUT2D eigenvalue weighted by Gasteiger charge is -2.35. The zero-order valence-electron chi connectivity index (χ0n) is 26.0. The number of alkyl carbamates (subject to hydrolysis) is 1. The highest BCUT2D eigenvalue weighted by Gasteiger charge is 2.35. The lowest BCUT2D eigenvalue weighted by atomic mass is 9.84. The van der Waals surface area contributed by atoms with E-state index in [1.807, 2.05) is 0 Å². The van der Waals surface area contributed by atoms with Crippen LogP contribution in [-0.2, 0) is 26.0 Å². The van der Waals surface area contributed by atoms with E-state index >= 15 is 4.39 Å². The molecule has 1 aliphatic heterocycles. The number of nitrogens with zero attached hydrogens (tertiary/aromatic N) is 1. The smallest absolute Gasteiger partial charge is 0.407 e. The number of rotatable bonds is 11. The molecule has 3 N–H and O–H groups in total. The molecule has 0 aromatic heterocycles. The predicted octanol–water partition coefficient (Wildman–Crippen LogP) is 5.19. The molecular weight excluding hydrogens is 645 g/mol. The number of ether oxygens (including phenoxy) is 1. The number of carbonyl (C=O) groups is 2. The maximum absolute atomic E-state index is 15.4. The number of piperazine rings is 1. The van der Waals surface area contributed by atoms with Crippen molar-refractivity contribution in [2.75, 3.05) is 32.1 Å². The minimum Gasteiger partial charge on any atom is -0.453 e. The van der Waals surface area contributed by atoms with Gasteiger partial charge in [-0.25, -0.2) is 26.4 Å². The first-order valence-electron chi connectivity index (χ1n) is 15.3. The zero-order chi connectivity index (χ0) is 34.3. The summed E-state index contributed by atoms with van der Waals surface area (Å²) >= 11 is 0. The molecule has 1 saturated heterocycles. The first-order valence-corrected chi connectivity index (χ1v) is 16.7. The highest BCUT2D eigenvalue weighted by molar-refractivity contribution is 7.89. The molecule has 5 rings (SSSR count). The third-order valence-electron chi connectivity index (χ3n) is 8.24. The van der Waals surface area contributed by atoms with Gasteiger partial charge in [0.1, 0.15) is 23.5 Å². The monoisotopic (exact) mass is 680 g/mol. The summed E-state index contributed by atoms with van der Waals surface area (Å²) in [4.78, 5) is 26.7. The molecule has 0 saturated carbocycles. The van der Waals surface area contributed by atoms with Gasteiger partial charge in [0, 0.05) is 42.8 Å². The molecule has 9 nitrogen and oxygen atoms in total. The summed E-state index contributed by atoms with van der Waals surface area (Å²) in [5.41, 5.74) is 0.746. The van der Waals surface area contributed by atoms with Crippen LogP contribution in [0.15, 0.2) is 102 Å². The van der Waals surface area contributed by atoms with Crippen molar-refractivity contribution in [1.82, 2.24) is 14.9 Å². The molecule has 0 bridgehead atoms. The van der Waals surface area contributed by atoms with Crippen molar-refractivity contribution in [3.8, 4) is 0 Å². The van der Waals surface area contributed by atoms with Gasteiger partial charge in [-0.3, -0.25) is 4.79 Å². The van der Waals surface area contributed by atoms with Gasteiger partial charge in [0.2, 0.25) is 15.9 Å². The molecule has 0 radical (unpaired) electrons. The summed E-state index contributed by atoms with van der Waals surface area (Å²) in [6.07, 6.45) is -0.694. The third kappa shape index (κ3) is 8.04. The van der Waals surface area contributed by atoms with E-state index < -0.39 is 57.5 Å². The fraction of sp³-hybridized carbons (Fsp3) is 0.257. The van der Waals surface area contributed by atoms with E-state index in [1.54, 1.807) is 30.3 Å². The first kappa shape index (κ1) is 34.6. The van der Waals surface area contributed by atoms with Crippen molar-refractivity contribution in [1.29, 1.82) is 0 Å². The average Bonchev–Trinajstić information content (AvgIpc) is 3.08. The molecule has 2 amide bonds. The Hall–Kier alpha value is -4.72. The Morgan fingerprint density at radius 3 is 2.19 bits per heavy atom. The number of carbonyl (C=O) groups excluding carboxylic acids is 2. The number of nitrogens with one attached hydrogen (secondary N) is 3. The van der Waals surface area contributed by atoms with E-state index in [4.69, 9.17) is 4.74 Å². The number of sulfonamides is 1. The minimum absolute atomic E-state index is 0.0573. The maximum atomic E-state index is 15.4. The van der Waals surface area contributed by atoms with Crippen LogP contribution in [0.4, 0.5) is 23.7 Å². The summed E-state index contributed by atoms with van der Waals surface area (Å²) in [6.45, 7) is 1.03. The van der Waals surface area contributed by atoms with Crippen molar-refractivity contribution in [2.24, 2.45) is 0 Å². The van der Waals surface area contributed by atoms with Crippen molar-refractivity contribution >= 4 is 27.7 Å². The zero-order valence-corrected chi connectivity index (χ0v) is 26.9.